The molecule has 0 saturated carbocycles. The third-order valence-electron chi connectivity index (χ3n) is 10.6. The fraction of sp³-hybridized carbons (Fsp3) is 0.0816. The zero-order valence-electron chi connectivity index (χ0n) is 30.0. The Bertz CT molecular complexity index is 2700. The third-order valence-corrected chi connectivity index (χ3v) is 10.6. The monoisotopic (exact) mass is 686 g/mol. The molecular weight excluding hydrogens is 649 g/mol. The summed E-state index contributed by atoms with van der Waals surface area (Å²) >= 11 is 0. The molecule has 0 saturated heterocycles. The van der Waals surface area contributed by atoms with Crippen LogP contribution in [0, 0.1) is 0 Å². The van der Waals surface area contributed by atoms with Gasteiger partial charge in [-0.1, -0.05) is 105 Å². The molecule has 7 aromatic carbocycles. The Morgan fingerprint density at radius 1 is 0.585 bits per heavy atom. The van der Waals surface area contributed by atoms with E-state index in [0.717, 1.165) is 33.9 Å². The lowest BCUT2D eigenvalue weighted by Gasteiger charge is -2.28. The van der Waals surface area contributed by atoms with E-state index < -0.39 is 5.97 Å². The predicted octanol–water partition coefficient (Wildman–Crippen LogP) is 12.7. The third kappa shape index (κ3) is 5.42. The van der Waals surface area contributed by atoms with Crippen molar-refractivity contribution in [3.8, 4) is 33.7 Å². The second kappa shape index (κ2) is 12.5. The molecule has 256 valence electrons. The highest BCUT2D eigenvalue weighted by molar-refractivity contribution is 6.10. The minimum absolute atomic E-state index is 0.139. The fourth-order valence-electron chi connectivity index (χ4n) is 7.95. The highest BCUT2D eigenvalue weighted by atomic mass is 16.5. The van der Waals surface area contributed by atoms with Crippen molar-refractivity contribution < 1.29 is 9.53 Å². The normalized spacial score (nSPS) is 12.7. The largest absolute Gasteiger partial charge is 0.423 e. The second-order valence-corrected chi connectivity index (χ2v) is 14.4. The van der Waals surface area contributed by atoms with Crippen LogP contribution in [0.5, 0.6) is 5.75 Å². The number of ether oxygens (including phenoxy) is 1. The Balaban J connectivity index is 1.12. The molecule has 0 bridgehead atoms. The van der Waals surface area contributed by atoms with Gasteiger partial charge in [0.15, 0.2) is 0 Å². The van der Waals surface area contributed by atoms with Gasteiger partial charge in [0.1, 0.15) is 5.75 Å². The molecule has 4 nitrogen and oxygen atoms in total. The summed E-state index contributed by atoms with van der Waals surface area (Å²) in [6.45, 7) is 9.98. The summed E-state index contributed by atoms with van der Waals surface area (Å²) in [6, 6.07) is 57.9. The van der Waals surface area contributed by atoms with Crippen molar-refractivity contribution in [3.63, 3.8) is 0 Å². The Kier molecular flexibility index (Phi) is 7.63. The van der Waals surface area contributed by atoms with Crippen LogP contribution in [-0.4, -0.2) is 10.5 Å². The molecule has 0 radical (unpaired) electrons. The first kappa shape index (κ1) is 32.3. The average Bonchev–Trinajstić information content (AvgIpc) is 3.64. The molecule has 0 amide bonds. The molecule has 0 atom stereocenters. The van der Waals surface area contributed by atoms with Crippen LogP contribution >= 0.6 is 0 Å². The molecule has 8 aromatic rings. The van der Waals surface area contributed by atoms with Gasteiger partial charge in [0.25, 0.3) is 0 Å². The van der Waals surface area contributed by atoms with Crippen molar-refractivity contribution in [1.82, 2.24) is 4.57 Å². The van der Waals surface area contributed by atoms with Crippen LogP contribution in [0.3, 0.4) is 0 Å². The molecule has 0 N–H and O–H groups in total. The summed E-state index contributed by atoms with van der Waals surface area (Å²) in [7, 11) is 0. The van der Waals surface area contributed by atoms with E-state index in [0.29, 0.717) is 11.3 Å². The number of anilines is 3. The Labute approximate surface area is 309 Å². The summed E-state index contributed by atoms with van der Waals surface area (Å²) in [5.41, 5.74) is 14.3. The quantitative estimate of drug-likeness (QED) is 0.0951. The summed E-state index contributed by atoms with van der Waals surface area (Å²) in [6.07, 6.45) is 0. The highest BCUT2D eigenvalue weighted by Crippen LogP contribution is 2.50. The molecule has 53 heavy (non-hydrogen) atoms. The number of fused-ring (bicyclic) bond motifs is 6. The minimum atomic E-state index is -0.437. The lowest BCUT2D eigenvalue weighted by molar-refractivity contribution is -0.130. The number of nitrogens with zero attached hydrogens (tertiary/aromatic N) is 2. The zero-order chi connectivity index (χ0) is 36.3. The first-order chi connectivity index (χ1) is 25.8. The predicted molar refractivity (Wildman–Crippen MR) is 219 cm³/mol. The fourth-order valence-corrected chi connectivity index (χ4v) is 7.95. The number of benzene rings is 7. The van der Waals surface area contributed by atoms with Gasteiger partial charge in [0, 0.05) is 44.5 Å². The van der Waals surface area contributed by atoms with Gasteiger partial charge in [-0.05, 0) is 119 Å². The molecule has 0 aliphatic heterocycles. The van der Waals surface area contributed by atoms with Crippen molar-refractivity contribution in [2.24, 2.45) is 0 Å². The number of rotatable bonds is 7. The summed E-state index contributed by atoms with van der Waals surface area (Å²) in [4.78, 5) is 14.5. The van der Waals surface area contributed by atoms with E-state index in [4.69, 9.17) is 4.74 Å². The number of carbonyl (C=O) groups excluding carboxylic acids is 1. The molecular formula is C49H38N2O2. The van der Waals surface area contributed by atoms with E-state index >= 15 is 0 Å². The van der Waals surface area contributed by atoms with Gasteiger partial charge in [0.2, 0.25) is 0 Å². The zero-order valence-corrected chi connectivity index (χ0v) is 30.0. The molecule has 4 heteroatoms. The molecule has 1 aliphatic rings. The van der Waals surface area contributed by atoms with E-state index in [9.17, 15) is 4.79 Å². The lowest BCUT2D eigenvalue weighted by atomic mass is 9.82. The second-order valence-electron chi connectivity index (χ2n) is 14.4. The van der Waals surface area contributed by atoms with Gasteiger partial charge in [-0.25, -0.2) is 4.79 Å². The van der Waals surface area contributed by atoms with Crippen molar-refractivity contribution in [2.75, 3.05) is 4.90 Å². The molecule has 1 aliphatic carbocycles. The van der Waals surface area contributed by atoms with Crippen molar-refractivity contribution in [1.29, 1.82) is 0 Å². The van der Waals surface area contributed by atoms with E-state index in [1.807, 2.05) is 24.3 Å². The van der Waals surface area contributed by atoms with Crippen molar-refractivity contribution in [3.05, 3.63) is 187 Å². The number of hydrogen-bond acceptors (Lipinski definition) is 3. The molecule has 1 aromatic heterocycles. The number of aromatic nitrogens is 1. The smallest absolute Gasteiger partial charge is 0.338 e. The molecule has 9 rings (SSSR count). The van der Waals surface area contributed by atoms with Gasteiger partial charge in [-0.2, -0.15) is 0 Å². The van der Waals surface area contributed by atoms with Crippen LogP contribution in [0.1, 0.15) is 31.9 Å². The van der Waals surface area contributed by atoms with Gasteiger partial charge in [0.05, 0.1) is 11.0 Å². The van der Waals surface area contributed by atoms with Crippen LogP contribution in [0.25, 0.3) is 49.7 Å². The summed E-state index contributed by atoms with van der Waals surface area (Å²) < 4.78 is 7.88. The molecule has 0 unspecified atom stereocenters. The summed E-state index contributed by atoms with van der Waals surface area (Å²) in [5, 5.41) is 2.46. The van der Waals surface area contributed by atoms with Gasteiger partial charge in [-0.15, -0.1) is 0 Å². The topological polar surface area (TPSA) is 34.5 Å². The lowest BCUT2D eigenvalue weighted by Crippen LogP contribution is -2.16. The average molecular weight is 687 g/mol. The maximum Gasteiger partial charge on any atom is 0.338 e. The number of esters is 1. The van der Waals surface area contributed by atoms with Crippen LogP contribution in [0.4, 0.5) is 17.1 Å². The Hall–Kier alpha value is -6.65. The van der Waals surface area contributed by atoms with Gasteiger partial charge in [-0.3, -0.25) is 0 Å². The summed E-state index contributed by atoms with van der Waals surface area (Å²) in [5.74, 6) is 0.0417. The van der Waals surface area contributed by atoms with E-state index in [2.05, 4.69) is 169 Å². The van der Waals surface area contributed by atoms with Crippen LogP contribution in [0.15, 0.2) is 176 Å². The molecule has 1 heterocycles. The van der Waals surface area contributed by atoms with Gasteiger partial charge >= 0.3 is 5.97 Å². The van der Waals surface area contributed by atoms with Crippen LogP contribution in [0.2, 0.25) is 0 Å². The van der Waals surface area contributed by atoms with Crippen LogP contribution < -0.4 is 9.64 Å². The first-order valence-corrected chi connectivity index (χ1v) is 18.0. The van der Waals surface area contributed by atoms with Crippen molar-refractivity contribution in [2.45, 2.75) is 26.2 Å². The highest BCUT2D eigenvalue weighted by Gasteiger charge is 2.35. The van der Waals surface area contributed by atoms with Crippen molar-refractivity contribution >= 4 is 44.8 Å². The molecule has 0 fully saturated rings. The standard InChI is InChI=1S/C49H38N2O2/c1-32(2)48(52)53-39-26-23-37(24-27-39)50(38-25-28-41-40-14-8-10-16-44(40)49(3,4)45(41)31-38)36-21-18-33(19-22-36)34-20-29-47-43(30-34)42-15-9-11-17-46(42)51(47)35-12-6-5-7-13-35/h5-31H,1H2,2-4H3. The van der Waals surface area contributed by atoms with Crippen LogP contribution in [-0.2, 0) is 10.2 Å². The first-order valence-electron chi connectivity index (χ1n) is 18.0. The number of hydrogen-bond donors (Lipinski definition) is 0. The SMILES string of the molecule is C=C(C)C(=O)Oc1ccc(N(c2ccc(-c3ccc4c(c3)c3ccccc3n4-c3ccccc3)cc2)c2ccc3c(c2)C(C)(C)c2ccccc2-3)cc1. The number of carbonyl (C=O) groups is 1. The Morgan fingerprint density at radius 3 is 1.94 bits per heavy atom. The van der Waals surface area contributed by atoms with E-state index in [-0.39, 0.29) is 5.41 Å². The van der Waals surface area contributed by atoms with Gasteiger partial charge < -0.3 is 14.2 Å². The van der Waals surface area contributed by atoms with E-state index in [1.54, 1.807) is 6.92 Å². The Morgan fingerprint density at radius 2 is 1.19 bits per heavy atom. The maximum absolute atomic E-state index is 12.3. The van der Waals surface area contributed by atoms with E-state index in [1.165, 1.54) is 44.1 Å². The number of para-hydroxylation sites is 2. The maximum atomic E-state index is 12.3. The molecule has 0 spiro atoms. The minimum Gasteiger partial charge on any atom is -0.423 e.